The molecule has 3 rings (SSSR count). The van der Waals surface area contributed by atoms with Gasteiger partial charge in [0.05, 0.1) is 6.67 Å². The molecule has 1 N–H and O–H groups in total. The van der Waals surface area contributed by atoms with Crippen molar-refractivity contribution in [3.63, 3.8) is 0 Å². The van der Waals surface area contributed by atoms with E-state index in [0.717, 1.165) is 19.6 Å². The van der Waals surface area contributed by atoms with Crippen LogP contribution in [-0.2, 0) is 13.1 Å². The van der Waals surface area contributed by atoms with Crippen molar-refractivity contribution >= 4 is 10.9 Å². The Morgan fingerprint density at radius 2 is 2.13 bits per heavy atom. The minimum atomic E-state index is 0.961. The summed E-state index contributed by atoms with van der Waals surface area (Å²) < 4.78 is 2.41. The number of aromatic nitrogens is 1. The van der Waals surface area contributed by atoms with E-state index in [1.165, 1.54) is 27.7 Å². The fraction of sp³-hybridized carbons (Fsp3) is 0.385. The lowest BCUT2D eigenvalue weighted by molar-refractivity contribution is 0.505. The Morgan fingerprint density at radius 1 is 1.27 bits per heavy atom. The van der Waals surface area contributed by atoms with E-state index < -0.39 is 0 Å². The maximum atomic E-state index is 3.42. The molecular formula is C13H16N2. The van der Waals surface area contributed by atoms with Gasteiger partial charge in [0.15, 0.2) is 0 Å². The van der Waals surface area contributed by atoms with Crippen LogP contribution >= 0.6 is 0 Å². The van der Waals surface area contributed by atoms with Gasteiger partial charge in [-0.2, -0.15) is 0 Å². The van der Waals surface area contributed by atoms with Crippen LogP contribution in [0, 0.1) is 13.8 Å². The van der Waals surface area contributed by atoms with E-state index in [0.29, 0.717) is 0 Å². The van der Waals surface area contributed by atoms with Gasteiger partial charge in [-0.15, -0.1) is 0 Å². The van der Waals surface area contributed by atoms with Crippen molar-refractivity contribution in [1.82, 2.24) is 9.88 Å². The molecule has 2 nitrogen and oxygen atoms in total. The highest BCUT2D eigenvalue weighted by molar-refractivity contribution is 5.86. The minimum Gasteiger partial charge on any atom is -0.331 e. The van der Waals surface area contributed by atoms with Crippen molar-refractivity contribution in [3.05, 3.63) is 35.0 Å². The lowest BCUT2D eigenvalue weighted by Crippen LogP contribution is -2.28. The van der Waals surface area contributed by atoms with Crippen molar-refractivity contribution < 1.29 is 0 Å². The molecule has 0 amide bonds. The van der Waals surface area contributed by atoms with Crippen LogP contribution in [-0.4, -0.2) is 11.1 Å². The fourth-order valence-corrected chi connectivity index (χ4v) is 2.59. The average Bonchev–Trinajstić information content (AvgIpc) is 2.54. The van der Waals surface area contributed by atoms with E-state index in [4.69, 9.17) is 0 Å². The fourth-order valence-electron chi connectivity index (χ4n) is 2.59. The Morgan fingerprint density at radius 3 is 3.00 bits per heavy atom. The van der Waals surface area contributed by atoms with Crippen LogP contribution in [0.2, 0.25) is 0 Å². The Hall–Kier alpha value is -1.28. The van der Waals surface area contributed by atoms with Crippen LogP contribution in [0.15, 0.2) is 18.2 Å². The molecule has 2 heteroatoms. The van der Waals surface area contributed by atoms with Crippen LogP contribution in [0.3, 0.4) is 0 Å². The lowest BCUT2D eigenvalue weighted by atomic mass is 10.1. The molecule has 1 aromatic carbocycles. The van der Waals surface area contributed by atoms with Gasteiger partial charge in [-0.25, -0.2) is 0 Å². The number of nitrogens with one attached hydrogen (secondary N) is 1. The van der Waals surface area contributed by atoms with Gasteiger partial charge in [-0.1, -0.05) is 11.6 Å². The van der Waals surface area contributed by atoms with Crippen LogP contribution in [0.4, 0.5) is 0 Å². The third kappa shape index (κ3) is 1.21. The summed E-state index contributed by atoms with van der Waals surface area (Å²) in [6, 6.07) is 6.74. The Balaban J connectivity index is 2.38. The molecule has 0 bridgehead atoms. The zero-order valence-corrected chi connectivity index (χ0v) is 9.30. The molecule has 0 saturated carbocycles. The minimum absolute atomic E-state index is 0.961. The van der Waals surface area contributed by atoms with E-state index in [2.05, 4.69) is 41.9 Å². The van der Waals surface area contributed by atoms with Crippen LogP contribution in [0.1, 0.15) is 16.8 Å². The molecule has 1 aliphatic heterocycles. The van der Waals surface area contributed by atoms with Crippen LogP contribution in [0.25, 0.3) is 10.9 Å². The largest absolute Gasteiger partial charge is 0.331 e. The van der Waals surface area contributed by atoms with Gasteiger partial charge in [0.1, 0.15) is 0 Å². The van der Waals surface area contributed by atoms with Crippen LogP contribution < -0.4 is 5.32 Å². The number of rotatable bonds is 0. The topological polar surface area (TPSA) is 17.0 Å². The Bertz CT molecular complexity index is 523. The summed E-state index contributed by atoms with van der Waals surface area (Å²) >= 11 is 0. The van der Waals surface area contributed by atoms with Crippen molar-refractivity contribution in [2.75, 3.05) is 6.54 Å². The molecular weight excluding hydrogens is 184 g/mol. The smallest absolute Gasteiger partial charge is 0.0728 e. The van der Waals surface area contributed by atoms with E-state index in [1.54, 1.807) is 0 Å². The second kappa shape index (κ2) is 3.11. The standard InChI is InChI=1S/C13H16N2/c1-9-3-4-13-11(7-9)10(2)12-5-6-14-8-15(12)13/h3-4,7,14H,5-6,8H2,1-2H3. The molecule has 1 aliphatic rings. The third-order valence-electron chi connectivity index (χ3n) is 3.41. The Kier molecular flexibility index (Phi) is 1.86. The van der Waals surface area contributed by atoms with E-state index in [9.17, 15) is 0 Å². The molecule has 78 valence electrons. The van der Waals surface area contributed by atoms with Crippen molar-refractivity contribution in [2.24, 2.45) is 0 Å². The summed E-state index contributed by atoms with van der Waals surface area (Å²) in [5.74, 6) is 0. The molecule has 0 unspecified atom stereocenters. The summed E-state index contributed by atoms with van der Waals surface area (Å²) in [4.78, 5) is 0. The zero-order chi connectivity index (χ0) is 10.4. The Labute approximate surface area is 89.9 Å². The molecule has 0 saturated heterocycles. The van der Waals surface area contributed by atoms with Gasteiger partial charge in [-0.05, 0) is 31.5 Å². The van der Waals surface area contributed by atoms with Gasteiger partial charge in [0.25, 0.3) is 0 Å². The summed E-state index contributed by atoms with van der Waals surface area (Å²) in [5, 5.41) is 4.85. The van der Waals surface area contributed by atoms with Crippen molar-refractivity contribution in [3.8, 4) is 0 Å². The second-order valence-corrected chi connectivity index (χ2v) is 4.43. The molecule has 0 radical (unpaired) electrons. The normalized spacial score (nSPS) is 15.6. The molecule has 2 aromatic rings. The number of aryl methyl sites for hydroxylation is 2. The third-order valence-corrected chi connectivity index (χ3v) is 3.41. The molecule has 0 fully saturated rings. The average molecular weight is 200 g/mol. The SMILES string of the molecule is Cc1ccc2c(c1)c(C)c1n2CNCC1. The highest BCUT2D eigenvalue weighted by atomic mass is 15.1. The van der Waals surface area contributed by atoms with E-state index in [-0.39, 0.29) is 0 Å². The van der Waals surface area contributed by atoms with E-state index in [1.807, 2.05) is 0 Å². The summed E-state index contributed by atoms with van der Waals surface area (Å²) in [7, 11) is 0. The van der Waals surface area contributed by atoms with E-state index >= 15 is 0 Å². The zero-order valence-electron chi connectivity index (χ0n) is 9.30. The molecule has 0 atom stereocenters. The first-order valence-electron chi connectivity index (χ1n) is 5.56. The number of hydrogen-bond donors (Lipinski definition) is 1. The quantitative estimate of drug-likeness (QED) is 0.691. The molecule has 1 aromatic heterocycles. The van der Waals surface area contributed by atoms with Crippen molar-refractivity contribution in [1.29, 1.82) is 0 Å². The summed E-state index contributed by atoms with van der Waals surface area (Å²) in [6.45, 7) is 6.48. The first-order valence-corrected chi connectivity index (χ1v) is 5.56. The molecule has 0 aliphatic carbocycles. The molecule has 15 heavy (non-hydrogen) atoms. The summed E-state index contributed by atoms with van der Waals surface area (Å²) in [5.41, 5.74) is 5.70. The highest BCUT2D eigenvalue weighted by Crippen LogP contribution is 2.27. The highest BCUT2D eigenvalue weighted by Gasteiger charge is 2.16. The number of benzene rings is 1. The first-order chi connectivity index (χ1) is 7.27. The second-order valence-electron chi connectivity index (χ2n) is 4.43. The van der Waals surface area contributed by atoms with Crippen LogP contribution in [0.5, 0.6) is 0 Å². The lowest BCUT2D eigenvalue weighted by Gasteiger charge is -2.17. The molecule has 0 spiro atoms. The summed E-state index contributed by atoms with van der Waals surface area (Å²) in [6.07, 6.45) is 1.15. The number of nitrogens with zero attached hydrogens (tertiary/aromatic N) is 1. The number of fused-ring (bicyclic) bond motifs is 3. The predicted molar refractivity (Wildman–Crippen MR) is 63.1 cm³/mol. The predicted octanol–water partition coefficient (Wildman–Crippen LogP) is 2.36. The van der Waals surface area contributed by atoms with Gasteiger partial charge < -0.3 is 4.57 Å². The number of hydrogen-bond acceptors (Lipinski definition) is 1. The van der Waals surface area contributed by atoms with Crippen molar-refractivity contribution in [2.45, 2.75) is 26.9 Å². The monoisotopic (exact) mass is 200 g/mol. The first kappa shape index (κ1) is 8.98. The maximum absolute atomic E-state index is 3.42. The maximum Gasteiger partial charge on any atom is 0.0728 e. The van der Waals surface area contributed by atoms with Gasteiger partial charge in [0.2, 0.25) is 0 Å². The van der Waals surface area contributed by atoms with Gasteiger partial charge >= 0.3 is 0 Å². The molecule has 2 heterocycles. The van der Waals surface area contributed by atoms with Gasteiger partial charge in [-0.3, -0.25) is 5.32 Å². The van der Waals surface area contributed by atoms with Gasteiger partial charge in [0, 0.05) is 29.6 Å².